The molecule has 0 bridgehead atoms. The van der Waals surface area contributed by atoms with Crippen molar-refractivity contribution in [1.82, 2.24) is 15.2 Å². The van der Waals surface area contributed by atoms with Gasteiger partial charge in [-0.05, 0) is 45.1 Å². The van der Waals surface area contributed by atoms with Crippen LogP contribution < -0.4 is 10.2 Å². The monoisotopic (exact) mass is 262 g/mol. The number of pyridine rings is 1. The molecule has 0 aromatic carbocycles. The zero-order valence-corrected chi connectivity index (χ0v) is 12.4. The molecule has 4 heteroatoms. The van der Waals surface area contributed by atoms with Crippen LogP contribution >= 0.6 is 0 Å². The van der Waals surface area contributed by atoms with Crippen LogP contribution in [0.2, 0.25) is 0 Å². The van der Waals surface area contributed by atoms with E-state index in [0.29, 0.717) is 6.04 Å². The van der Waals surface area contributed by atoms with Gasteiger partial charge in [0.05, 0.1) is 11.9 Å². The molecule has 1 N–H and O–H groups in total. The average Bonchev–Trinajstić information content (AvgIpc) is 2.45. The lowest BCUT2D eigenvalue weighted by Crippen LogP contribution is -2.45. The highest BCUT2D eigenvalue weighted by Crippen LogP contribution is 2.24. The Kier molecular flexibility index (Phi) is 5.16. The standard InChI is InChI=1S/C15H26N4/c1-4-16-10-13-7-8-17-11-15(13)19-9-5-6-14(12-19)18(2)3/h7-8,11,14,16H,4-6,9-10,12H2,1-3H3. The van der Waals surface area contributed by atoms with Crippen molar-refractivity contribution in [2.75, 3.05) is 38.6 Å². The number of likely N-dealkylation sites (N-methyl/N-ethyl adjacent to an activating group) is 1. The Labute approximate surface area is 116 Å². The first-order chi connectivity index (χ1) is 9.22. The quantitative estimate of drug-likeness (QED) is 0.875. The Balaban J connectivity index is 2.11. The minimum absolute atomic E-state index is 0.654. The van der Waals surface area contributed by atoms with Gasteiger partial charge >= 0.3 is 0 Å². The highest BCUT2D eigenvalue weighted by atomic mass is 15.2. The molecule has 1 aliphatic rings. The van der Waals surface area contributed by atoms with Crippen LogP contribution in [-0.2, 0) is 6.54 Å². The molecule has 2 heterocycles. The van der Waals surface area contributed by atoms with Gasteiger partial charge in [-0.25, -0.2) is 0 Å². The maximum Gasteiger partial charge on any atom is 0.0598 e. The topological polar surface area (TPSA) is 31.4 Å². The fraction of sp³-hybridized carbons (Fsp3) is 0.667. The van der Waals surface area contributed by atoms with Gasteiger partial charge < -0.3 is 15.1 Å². The van der Waals surface area contributed by atoms with Crippen molar-refractivity contribution in [3.8, 4) is 0 Å². The molecule has 0 amide bonds. The second kappa shape index (κ2) is 6.87. The minimum atomic E-state index is 0.654. The largest absolute Gasteiger partial charge is 0.368 e. The van der Waals surface area contributed by atoms with Gasteiger partial charge in [0, 0.05) is 31.9 Å². The van der Waals surface area contributed by atoms with Gasteiger partial charge in [-0.3, -0.25) is 4.98 Å². The predicted molar refractivity (Wildman–Crippen MR) is 80.5 cm³/mol. The third-order valence-electron chi connectivity index (χ3n) is 3.92. The van der Waals surface area contributed by atoms with Crippen molar-refractivity contribution in [3.63, 3.8) is 0 Å². The normalized spacial score (nSPS) is 20.0. The number of anilines is 1. The molecule has 1 fully saturated rings. The van der Waals surface area contributed by atoms with Crippen LogP contribution in [0.1, 0.15) is 25.3 Å². The van der Waals surface area contributed by atoms with E-state index in [4.69, 9.17) is 0 Å². The van der Waals surface area contributed by atoms with Crippen molar-refractivity contribution < 1.29 is 0 Å². The second-order valence-electron chi connectivity index (χ2n) is 5.49. The first kappa shape index (κ1) is 14.3. The lowest BCUT2D eigenvalue weighted by molar-refractivity contribution is 0.258. The number of hydrogen-bond donors (Lipinski definition) is 1. The molecule has 4 nitrogen and oxygen atoms in total. The summed E-state index contributed by atoms with van der Waals surface area (Å²) in [6.07, 6.45) is 6.47. The Bertz CT molecular complexity index is 391. The van der Waals surface area contributed by atoms with E-state index in [1.165, 1.54) is 24.1 Å². The van der Waals surface area contributed by atoms with Crippen molar-refractivity contribution in [2.45, 2.75) is 32.4 Å². The van der Waals surface area contributed by atoms with Gasteiger partial charge in [-0.15, -0.1) is 0 Å². The lowest BCUT2D eigenvalue weighted by Gasteiger charge is -2.38. The van der Waals surface area contributed by atoms with Gasteiger partial charge in [-0.2, -0.15) is 0 Å². The van der Waals surface area contributed by atoms with Crippen molar-refractivity contribution in [2.24, 2.45) is 0 Å². The van der Waals surface area contributed by atoms with Crippen LogP contribution in [0.5, 0.6) is 0 Å². The summed E-state index contributed by atoms with van der Waals surface area (Å²) in [6.45, 7) is 6.33. The fourth-order valence-corrected chi connectivity index (χ4v) is 2.70. The molecular formula is C15H26N4. The summed E-state index contributed by atoms with van der Waals surface area (Å²) in [5.41, 5.74) is 2.66. The Morgan fingerprint density at radius 1 is 1.47 bits per heavy atom. The van der Waals surface area contributed by atoms with Crippen LogP contribution in [0.25, 0.3) is 0 Å². The highest BCUT2D eigenvalue weighted by Gasteiger charge is 2.22. The molecule has 1 aromatic rings. The van der Waals surface area contributed by atoms with Crippen LogP contribution in [0.15, 0.2) is 18.5 Å². The summed E-state index contributed by atoms with van der Waals surface area (Å²) in [4.78, 5) is 9.15. The molecule has 1 unspecified atom stereocenters. The van der Waals surface area contributed by atoms with Crippen molar-refractivity contribution in [3.05, 3.63) is 24.0 Å². The van der Waals surface area contributed by atoms with E-state index in [-0.39, 0.29) is 0 Å². The van der Waals surface area contributed by atoms with Crippen LogP contribution in [0, 0.1) is 0 Å². The van der Waals surface area contributed by atoms with Gasteiger partial charge in [0.25, 0.3) is 0 Å². The molecule has 0 saturated carbocycles. The molecule has 19 heavy (non-hydrogen) atoms. The molecular weight excluding hydrogens is 236 g/mol. The molecule has 1 saturated heterocycles. The smallest absolute Gasteiger partial charge is 0.0598 e. The first-order valence-electron chi connectivity index (χ1n) is 7.27. The van der Waals surface area contributed by atoms with E-state index < -0.39 is 0 Å². The van der Waals surface area contributed by atoms with Gasteiger partial charge in [0.2, 0.25) is 0 Å². The molecule has 2 rings (SSSR count). The van der Waals surface area contributed by atoms with Gasteiger partial charge in [0.15, 0.2) is 0 Å². The van der Waals surface area contributed by atoms with Crippen molar-refractivity contribution >= 4 is 5.69 Å². The number of rotatable bonds is 5. The molecule has 1 aliphatic heterocycles. The lowest BCUT2D eigenvalue weighted by atomic mass is 10.0. The summed E-state index contributed by atoms with van der Waals surface area (Å²) < 4.78 is 0. The van der Waals surface area contributed by atoms with Crippen LogP contribution in [0.4, 0.5) is 5.69 Å². The third-order valence-corrected chi connectivity index (χ3v) is 3.92. The zero-order chi connectivity index (χ0) is 13.7. The molecule has 1 aromatic heterocycles. The SMILES string of the molecule is CCNCc1ccncc1N1CCCC(N(C)C)C1. The first-order valence-corrected chi connectivity index (χ1v) is 7.27. The number of hydrogen-bond acceptors (Lipinski definition) is 4. The zero-order valence-electron chi connectivity index (χ0n) is 12.4. The Morgan fingerprint density at radius 3 is 3.05 bits per heavy atom. The van der Waals surface area contributed by atoms with Gasteiger partial charge in [0.1, 0.15) is 0 Å². The number of piperidine rings is 1. The summed E-state index contributed by atoms with van der Waals surface area (Å²) in [5, 5.41) is 3.41. The average molecular weight is 262 g/mol. The van der Waals surface area contributed by atoms with E-state index in [2.05, 4.69) is 47.2 Å². The third kappa shape index (κ3) is 3.67. The van der Waals surface area contributed by atoms with Crippen molar-refractivity contribution in [1.29, 1.82) is 0 Å². The van der Waals surface area contributed by atoms with Crippen LogP contribution in [-0.4, -0.2) is 49.7 Å². The maximum atomic E-state index is 4.32. The molecule has 0 aliphatic carbocycles. The second-order valence-corrected chi connectivity index (χ2v) is 5.49. The van der Waals surface area contributed by atoms with E-state index in [9.17, 15) is 0 Å². The summed E-state index contributed by atoms with van der Waals surface area (Å²) >= 11 is 0. The van der Waals surface area contributed by atoms with Gasteiger partial charge in [-0.1, -0.05) is 6.92 Å². The minimum Gasteiger partial charge on any atom is -0.368 e. The van der Waals surface area contributed by atoms with E-state index >= 15 is 0 Å². The van der Waals surface area contributed by atoms with Crippen LogP contribution in [0.3, 0.4) is 0 Å². The summed E-state index contributed by atoms with van der Waals surface area (Å²) in [5.74, 6) is 0. The number of nitrogens with one attached hydrogen (secondary N) is 1. The summed E-state index contributed by atoms with van der Waals surface area (Å²) in [7, 11) is 4.36. The number of nitrogens with zero attached hydrogens (tertiary/aromatic N) is 3. The Hall–Kier alpha value is -1.13. The molecule has 1 atom stereocenters. The number of aromatic nitrogens is 1. The summed E-state index contributed by atoms with van der Waals surface area (Å²) in [6, 6.07) is 2.79. The maximum absolute atomic E-state index is 4.32. The van der Waals surface area contributed by atoms with E-state index in [1.54, 1.807) is 0 Å². The van der Waals surface area contributed by atoms with E-state index in [1.807, 2.05) is 12.4 Å². The predicted octanol–water partition coefficient (Wildman–Crippen LogP) is 1.72. The van der Waals surface area contributed by atoms with E-state index in [0.717, 1.165) is 26.2 Å². The highest BCUT2D eigenvalue weighted by molar-refractivity contribution is 5.52. The fourth-order valence-electron chi connectivity index (χ4n) is 2.70. The molecule has 0 spiro atoms. The molecule has 106 valence electrons. The molecule has 0 radical (unpaired) electrons. The Morgan fingerprint density at radius 2 is 2.32 bits per heavy atom.